The van der Waals surface area contributed by atoms with Crippen LogP contribution in [0.3, 0.4) is 0 Å². The number of rotatable bonds is 2. The summed E-state index contributed by atoms with van der Waals surface area (Å²) < 4.78 is 20.6. The van der Waals surface area contributed by atoms with Crippen LogP contribution in [0.2, 0.25) is 0 Å². The van der Waals surface area contributed by atoms with Crippen LogP contribution in [0.25, 0.3) is 11.2 Å². The number of halogens is 1. The average molecular weight is 269 g/mol. The smallest absolute Gasteiger partial charge is 0.280 e. The fourth-order valence-corrected chi connectivity index (χ4v) is 2.19. The van der Waals surface area contributed by atoms with E-state index in [1.54, 1.807) is 0 Å². The number of imidazole rings is 1. The number of alkyl halides is 1. The third-order valence-corrected chi connectivity index (χ3v) is 3.06. The predicted octanol–water partition coefficient (Wildman–Crippen LogP) is -0.680. The van der Waals surface area contributed by atoms with Gasteiger partial charge in [-0.15, -0.1) is 0 Å². The van der Waals surface area contributed by atoms with Crippen molar-refractivity contribution in [3.8, 4) is 0 Å². The van der Waals surface area contributed by atoms with Gasteiger partial charge in [0.1, 0.15) is 6.17 Å². The molecular formula is C10H12FN5O3. The predicted molar refractivity (Wildman–Crippen MR) is 63.1 cm³/mol. The highest BCUT2D eigenvalue weighted by atomic mass is 19.1. The van der Waals surface area contributed by atoms with E-state index >= 15 is 0 Å². The second-order valence-corrected chi connectivity index (χ2v) is 4.36. The summed E-state index contributed by atoms with van der Waals surface area (Å²) in [4.78, 5) is 21.7. The van der Waals surface area contributed by atoms with Crippen molar-refractivity contribution >= 4 is 17.1 Å². The Morgan fingerprint density at radius 3 is 3.16 bits per heavy atom. The summed E-state index contributed by atoms with van der Waals surface area (Å²) >= 11 is 0. The van der Waals surface area contributed by atoms with Crippen LogP contribution in [0.15, 0.2) is 11.1 Å². The number of aliphatic hydroxyl groups is 1. The molecule has 0 aliphatic carbocycles. The first-order valence-electron chi connectivity index (χ1n) is 5.73. The molecule has 3 atom stereocenters. The molecular weight excluding hydrogens is 257 g/mol. The van der Waals surface area contributed by atoms with E-state index in [0.717, 1.165) is 0 Å². The Labute approximate surface area is 106 Å². The summed E-state index contributed by atoms with van der Waals surface area (Å²) in [6, 6.07) is 0. The maximum absolute atomic E-state index is 13.9. The number of aliphatic hydroxyl groups excluding tert-OH is 1. The summed E-state index contributed by atoms with van der Waals surface area (Å²) in [7, 11) is 0. The SMILES string of the molecule is Nc1nc2c(ncn2[C@H]2O[C@@H](CO)C[C@@H]2F)c(=O)[nH]1. The lowest BCUT2D eigenvalue weighted by Crippen LogP contribution is -2.18. The second-order valence-electron chi connectivity index (χ2n) is 4.36. The first-order valence-corrected chi connectivity index (χ1v) is 5.73. The number of nitrogens with zero attached hydrogens (tertiary/aromatic N) is 3. The summed E-state index contributed by atoms with van der Waals surface area (Å²) in [5.41, 5.74) is 5.19. The van der Waals surface area contributed by atoms with E-state index in [1.165, 1.54) is 10.9 Å². The van der Waals surface area contributed by atoms with Gasteiger partial charge < -0.3 is 15.6 Å². The van der Waals surface area contributed by atoms with Crippen LogP contribution >= 0.6 is 0 Å². The van der Waals surface area contributed by atoms with Crippen molar-refractivity contribution in [3.63, 3.8) is 0 Å². The Kier molecular flexibility index (Phi) is 2.72. The van der Waals surface area contributed by atoms with E-state index < -0.39 is 24.1 Å². The molecule has 2 aromatic heterocycles. The van der Waals surface area contributed by atoms with Crippen LogP contribution in [-0.4, -0.2) is 43.5 Å². The molecule has 0 amide bonds. The number of H-pyrrole nitrogens is 1. The summed E-state index contributed by atoms with van der Waals surface area (Å²) in [5.74, 6) is -0.0774. The summed E-state index contributed by atoms with van der Waals surface area (Å²) in [6.45, 7) is -0.264. The van der Waals surface area contributed by atoms with Gasteiger partial charge in [-0.2, -0.15) is 4.98 Å². The number of anilines is 1. The minimum Gasteiger partial charge on any atom is -0.394 e. The van der Waals surface area contributed by atoms with Gasteiger partial charge in [-0.25, -0.2) is 9.37 Å². The maximum atomic E-state index is 13.9. The van der Waals surface area contributed by atoms with Crippen LogP contribution in [-0.2, 0) is 4.74 Å². The van der Waals surface area contributed by atoms with Crippen molar-refractivity contribution in [2.75, 3.05) is 12.3 Å². The van der Waals surface area contributed by atoms with E-state index in [9.17, 15) is 9.18 Å². The Bertz CT molecular complexity index is 669. The molecule has 0 spiro atoms. The fourth-order valence-electron chi connectivity index (χ4n) is 2.19. The monoisotopic (exact) mass is 269 g/mol. The molecule has 2 aromatic rings. The molecule has 4 N–H and O–H groups in total. The van der Waals surface area contributed by atoms with Crippen LogP contribution in [0.4, 0.5) is 10.3 Å². The van der Waals surface area contributed by atoms with Gasteiger partial charge >= 0.3 is 0 Å². The van der Waals surface area contributed by atoms with Crippen LogP contribution < -0.4 is 11.3 Å². The molecule has 3 heterocycles. The molecule has 0 unspecified atom stereocenters. The van der Waals surface area contributed by atoms with E-state index in [1.807, 2.05) is 0 Å². The highest BCUT2D eigenvalue weighted by Crippen LogP contribution is 2.32. The number of hydrogen-bond donors (Lipinski definition) is 3. The molecule has 1 fully saturated rings. The average Bonchev–Trinajstić information content (AvgIpc) is 2.92. The zero-order chi connectivity index (χ0) is 13.6. The lowest BCUT2D eigenvalue weighted by molar-refractivity contribution is -0.0351. The quantitative estimate of drug-likeness (QED) is 0.664. The molecule has 9 heteroatoms. The number of ether oxygens (including phenoxy) is 1. The Hall–Kier alpha value is -2.00. The zero-order valence-electron chi connectivity index (χ0n) is 9.78. The number of nitrogens with one attached hydrogen (secondary N) is 1. The molecule has 19 heavy (non-hydrogen) atoms. The number of nitrogens with two attached hydrogens (primary N) is 1. The van der Waals surface area contributed by atoms with Gasteiger partial charge in [0.25, 0.3) is 5.56 Å². The Morgan fingerprint density at radius 2 is 2.47 bits per heavy atom. The highest BCUT2D eigenvalue weighted by Gasteiger charge is 2.37. The molecule has 0 saturated carbocycles. The third kappa shape index (κ3) is 1.87. The largest absolute Gasteiger partial charge is 0.394 e. The number of hydrogen-bond acceptors (Lipinski definition) is 6. The minimum atomic E-state index is -1.31. The molecule has 1 aliphatic heterocycles. The molecule has 8 nitrogen and oxygen atoms in total. The highest BCUT2D eigenvalue weighted by molar-refractivity contribution is 5.70. The molecule has 1 saturated heterocycles. The van der Waals surface area contributed by atoms with Gasteiger partial charge in [0.15, 0.2) is 17.4 Å². The molecule has 3 rings (SSSR count). The lowest BCUT2D eigenvalue weighted by atomic mass is 10.2. The van der Waals surface area contributed by atoms with Crippen LogP contribution in [0.5, 0.6) is 0 Å². The normalized spacial score (nSPS) is 27.2. The summed E-state index contributed by atoms with van der Waals surface area (Å²) in [6.07, 6.45) is -1.48. The molecule has 0 aromatic carbocycles. The Morgan fingerprint density at radius 1 is 1.68 bits per heavy atom. The first kappa shape index (κ1) is 12.1. The first-order chi connectivity index (χ1) is 9.10. The molecule has 0 bridgehead atoms. The van der Waals surface area contributed by atoms with E-state index in [-0.39, 0.29) is 30.1 Å². The van der Waals surface area contributed by atoms with E-state index in [2.05, 4.69) is 15.0 Å². The van der Waals surface area contributed by atoms with Gasteiger partial charge in [0.05, 0.1) is 19.0 Å². The van der Waals surface area contributed by atoms with Crippen molar-refractivity contribution < 1.29 is 14.2 Å². The maximum Gasteiger partial charge on any atom is 0.280 e. The molecule has 1 aliphatic rings. The number of nitrogen functional groups attached to an aromatic ring is 1. The van der Waals surface area contributed by atoms with E-state index in [4.69, 9.17) is 15.6 Å². The fraction of sp³-hybridized carbons (Fsp3) is 0.500. The molecule has 0 radical (unpaired) electrons. The number of fused-ring (bicyclic) bond motifs is 1. The summed E-state index contributed by atoms with van der Waals surface area (Å²) in [5, 5.41) is 8.99. The molecule has 102 valence electrons. The van der Waals surface area contributed by atoms with Crippen molar-refractivity contribution in [2.45, 2.75) is 24.9 Å². The van der Waals surface area contributed by atoms with Gasteiger partial charge in [0.2, 0.25) is 5.95 Å². The Balaban J connectivity index is 2.09. The standard InChI is InChI=1S/C10H12FN5O3/c11-5-1-4(2-17)19-9(5)16-3-13-6-7(16)14-10(12)15-8(6)18/h3-5,9,17H,1-2H2,(H3,12,14,15,18)/t4-,5+,9+/m1/s1. The number of aromatic nitrogens is 4. The second kappa shape index (κ2) is 4.28. The van der Waals surface area contributed by atoms with Gasteiger partial charge in [-0.3, -0.25) is 14.3 Å². The third-order valence-electron chi connectivity index (χ3n) is 3.06. The van der Waals surface area contributed by atoms with Crippen LogP contribution in [0.1, 0.15) is 12.6 Å². The van der Waals surface area contributed by atoms with Gasteiger partial charge in [-0.1, -0.05) is 0 Å². The minimum absolute atomic E-state index is 0.0671. The van der Waals surface area contributed by atoms with Crippen molar-refractivity contribution in [3.05, 3.63) is 16.7 Å². The van der Waals surface area contributed by atoms with Crippen molar-refractivity contribution in [1.82, 2.24) is 19.5 Å². The lowest BCUT2D eigenvalue weighted by Gasteiger charge is -2.15. The topological polar surface area (TPSA) is 119 Å². The van der Waals surface area contributed by atoms with Crippen molar-refractivity contribution in [2.24, 2.45) is 0 Å². The van der Waals surface area contributed by atoms with Gasteiger partial charge in [-0.05, 0) is 0 Å². The van der Waals surface area contributed by atoms with Gasteiger partial charge in [0, 0.05) is 6.42 Å². The van der Waals surface area contributed by atoms with Crippen LogP contribution in [0, 0.1) is 0 Å². The van der Waals surface area contributed by atoms with Crippen molar-refractivity contribution in [1.29, 1.82) is 0 Å². The van der Waals surface area contributed by atoms with E-state index in [0.29, 0.717) is 0 Å². The number of aromatic amines is 1. The zero-order valence-corrected chi connectivity index (χ0v) is 9.78.